The monoisotopic (exact) mass is 161 g/mol. The first-order chi connectivity index (χ1) is 5.20. The Labute approximate surface area is 65.2 Å². The molecular formula is C8H13F2N. The second kappa shape index (κ2) is 2.41. The van der Waals surface area contributed by atoms with Gasteiger partial charge in [0.1, 0.15) is 0 Å². The minimum absolute atomic E-state index is 0.115. The average Bonchev–Trinajstić information content (AvgIpc) is 2.29. The molecule has 0 spiro atoms. The van der Waals surface area contributed by atoms with E-state index in [2.05, 4.69) is 5.32 Å². The summed E-state index contributed by atoms with van der Waals surface area (Å²) in [6.07, 6.45) is 1.80. The van der Waals surface area contributed by atoms with Gasteiger partial charge in [0.25, 0.3) is 5.92 Å². The Morgan fingerprint density at radius 1 is 1.27 bits per heavy atom. The van der Waals surface area contributed by atoms with Crippen molar-refractivity contribution in [2.75, 3.05) is 13.1 Å². The van der Waals surface area contributed by atoms with Crippen molar-refractivity contribution in [3.8, 4) is 0 Å². The fraction of sp³-hybridized carbons (Fsp3) is 1.00. The summed E-state index contributed by atoms with van der Waals surface area (Å²) in [6.45, 7) is 1.45. The number of piperidine rings is 1. The highest BCUT2D eigenvalue weighted by atomic mass is 19.3. The number of fused-ring (bicyclic) bond motifs is 1. The Kier molecular flexibility index (Phi) is 1.63. The predicted octanol–water partition coefficient (Wildman–Crippen LogP) is 1.64. The van der Waals surface area contributed by atoms with Gasteiger partial charge in [-0.15, -0.1) is 0 Å². The molecule has 2 rings (SSSR count). The zero-order valence-corrected chi connectivity index (χ0v) is 6.45. The summed E-state index contributed by atoms with van der Waals surface area (Å²) in [5, 5.41) is 3.03. The maximum atomic E-state index is 13.0. The quantitative estimate of drug-likeness (QED) is 0.569. The molecule has 1 aliphatic heterocycles. The zero-order valence-electron chi connectivity index (χ0n) is 6.45. The van der Waals surface area contributed by atoms with Gasteiger partial charge in [-0.1, -0.05) is 0 Å². The molecule has 1 saturated carbocycles. The largest absolute Gasteiger partial charge is 0.316 e. The predicted molar refractivity (Wildman–Crippen MR) is 38.6 cm³/mol. The number of halogens is 2. The maximum absolute atomic E-state index is 13.0. The second-order valence-electron chi connectivity index (χ2n) is 3.66. The molecule has 2 aliphatic rings. The first-order valence-corrected chi connectivity index (χ1v) is 4.29. The van der Waals surface area contributed by atoms with Crippen LogP contribution in [0.2, 0.25) is 0 Å². The van der Waals surface area contributed by atoms with Gasteiger partial charge in [0.2, 0.25) is 0 Å². The van der Waals surface area contributed by atoms with Crippen molar-refractivity contribution < 1.29 is 8.78 Å². The molecule has 0 aromatic carbocycles. The Hall–Kier alpha value is -0.180. The summed E-state index contributed by atoms with van der Waals surface area (Å²) in [6, 6.07) is 0. The van der Waals surface area contributed by atoms with Crippen LogP contribution in [0.3, 0.4) is 0 Å². The van der Waals surface area contributed by atoms with Gasteiger partial charge >= 0.3 is 0 Å². The summed E-state index contributed by atoms with van der Waals surface area (Å²) >= 11 is 0. The molecule has 1 heterocycles. The highest BCUT2D eigenvalue weighted by molar-refractivity contribution is 4.94. The highest BCUT2D eigenvalue weighted by Gasteiger charge is 2.50. The van der Waals surface area contributed by atoms with Crippen molar-refractivity contribution in [2.24, 2.45) is 11.8 Å². The molecule has 11 heavy (non-hydrogen) atoms. The molecule has 0 bridgehead atoms. The third-order valence-electron chi connectivity index (χ3n) is 3.02. The van der Waals surface area contributed by atoms with Crippen LogP contribution in [-0.4, -0.2) is 19.0 Å². The van der Waals surface area contributed by atoms with Crippen LogP contribution in [0.4, 0.5) is 8.78 Å². The summed E-state index contributed by atoms with van der Waals surface area (Å²) in [5.74, 6) is -2.44. The number of hydrogen-bond acceptors (Lipinski definition) is 1. The Morgan fingerprint density at radius 3 is 2.82 bits per heavy atom. The van der Waals surface area contributed by atoms with Gasteiger partial charge in [-0.3, -0.25) is 0 Å². The van der Waals surface area contributed by atoms with E-state index in [0.717, 1.165) is 19.4 Å². The van der Waals surface area contributed by atoms with Crippen LogP contribution in [0.5, 0.6) is 0 Å². The van der Waals surface area contributed by atoms with E-state index < -0.39 is 5.92 Å². The molecule has 3 heteroatoms. The number of nitrogens with one attached hydrogen (secondary N) is 1. The third-order valence-corrected chi connectivity index (χ3v) is 3.02. The van der Waals surface area contributed by atoms with E-state index in [1.165, 1.54) is 0 Å². The minimum atomic E-state index is -2.38. The van der Waals surface area contributed by atoms with Gasteiger partial charge in [-0.2, -0.15) is 0 Å². The molecule has 0 unspecified atom stereocenters. The van der Waals surface area contributed by atoms with Gasteiger partial charge in [-0.25, -0.2) is 8.78 Å². The normalized spacial score (nSPS) is 42.0. The first kappa shape index (κ1) is 7.47. The molecule has 0 radical (unpaired) electrons. The molecule has 1 saturated heterocycles. The van der Waals surface area contributed by atoms with E-state index in [1.54, 1.807) is 0 Å². The van der Waals surface area contributed by atoms with Crippen molar-refractivity contribution in [1.82, 2.24) is 5.32 Å². The van der Waals surface area contributed by atoms with Crippen molar-refractivity contribution in [3.05, 3.63) is 0 Å². The van der Waals surface area contributed by atoms with E-state index in [4.69, 9.17) is 0 Å². The molecule has 1 aliphatic carbocycles. The zero-order chi connectivity index (χ0) is 7.90. The summed E-state index contributed by atoms with van der Waals surface area (Å²) in [7, 11) is 0. The van der Waals surface area contributed by atoms with E-state index in [1.807, 2.05) is 0 Å². The molecule has 0 amide bonds. The molecule has 64 valence electrons. The molecule has 0 aromatic heterocycles. The molecule has 0 aromatic rings. The van der Waals surface area contributed by atoms with Gasteiger partial charge in [0.15, 0.2) is 0 Å². The standard InChI is InChI=1S/C8H13F2N/c9-8(10)3-1-6-2-4-11-5-7(6)8/h6-7,11H,1-5H2/t6-,7-/m0/s1. The van der Waals surface area contributed by atoms with Crippen molar-refractivity contribution in [2.45, 2.75) is 25.2 Å². The van der Waals surface area contributed by atoms with Gasteiger partial charge in [0, 0.05) is 18.9 Å². The Morgan fingerprint density at radius 2 is 2.09 bits per heavy atom. The van der Waals surface area contributed by atoms with E-state index >= 15 is 0 Å². The molecular weight excluding hydrogens is 148 g/mol. The Balaban J connectivity index is 2.10. The smallest absolute Gasteiger partial charge is 0.252 e. The fourth-order valence-corrected chi connectivity index (χ4v) is 2.32. The number of hydrogen-bond donors (Lipinski definition) is 1. The fourth-order valence-electron chi connectivity index (χ4n) is 2.32. The molecule has 1 nitrogen and oxygen atoms in total. The first-order valence-electron chi connectivity index (χ1n) is 4.29. The van der Waals surface area contributed by atoms with Crippen LogP contribution in [0.15, 0.2) is 0 Å². The van der Waals surface area contributed by atoms with E-state index in [0.29, 0.717) is 12.5 Å². The van der Waals surface area contributed by atoms with Gasteiger partial charge < -0.3 is 5.32 Å². The topological polar surface area (TPSA) is 12.0 Å². The summed E-state index contributed by atoms with van der Waals surface area (Å²) < 4.78 is 26.1. The summed E-state index contributed by atoms with van der Waals surface area (Å²) in [5.41, 5.74) is 0. The van der Waals surface area contributed by atoms with E-state index in [9.17, 15) is 8.78 Å². The average molecular weight is 161 g/mol. The minimum Gasteiger partial charge on any atom is -0.316 e. The maximum Gasteiger partial charge on any atom is 0.252 e. The van der Waals surface area contributed by atoms with Crippen LogP contribution in [0.25, 0.3) is 0 Å². The van der Waals surface area contributed by atoms with Gasteiger partial charge in [-0.05, 0) is 25.3 Å². The van der Waals surface area contributed by atoms with Crippen molar-refractivity contribution in [3.63, 3.8) is 0 Å². The highest BCUT2D eigenvalue weighted by Crippen LogP contribution is 2.46. The van der Waals surface area contributed by atoms with E-state index in [-0.39, 0.29) is 12.3 Å². The van der Waals surface area contributed by atoms with Crippen LogP contribution in [0.1, 0.15) is 19.3 Å². The molecule has 2 fully saturated rings. The SMILES string of the molecule is FC1(F)CC[C@H]2CCNC[C@@H]21. The van der Waals surface area contributed by atoms with Gasteiger partial charge in [0.05, 0.1) is 0 Å². The van der Waals surface area contributed by atoms with Crippen molar-refractivity contribution >= 4 is 0 Å². The van der Waals surface area contributed by atoms with Crippen molar-refractivity contribution in [1.29, 1.82) is 0 Å². The number of rotatable bonds is 0. The molecule has 1 N–H and O–H groups in total. The van der Waals surface area contributed by atoms with Crippen LogP contribution < -0.4 is 5.32 Å². The lowest BCUT2D eigenvalue weighted by Gasteiger charge is -2.29. The second-order valence-corrected chi connectivity index (χ2v) is 3.66. The number of alkyl halides is 2. The van der Waals surface area contributed by atoms with Crippen LogP contribution >= 0.6 is 0 Å². The Bertz CT molecular complexity index is 158. The summed E-state index contributed by atoms with van der Waals surface area (Å²) in [4.78, 5) is 0. The lowest BCUT2D eigenvalue weighted by atomic mass is 9.88. The van der Waals surface area contributed by atoms with Crippen LogP contribution in [-0.2, 0) is 0 Å². The third kappa shape index (κ3) is 1.15. The lowest BCUT2D eigenvalue weighted by Crippen LogP contribution is -2.41. The molecule has 2 atom stereocenters. The lowest BCUT2D eigenvalue weighted by molar-refractivity contribution is -0.0502. The van der Waals surface area contributed by atoms with Crippen LogP contribution in [0, 0.1) is 11.8 Å².